The van der Waals surface area contributed by atoms with Crippen molar-refractivity contribution in [2.24, 2.45) is 5.41 Å². The molecule has 1 saturated carbocycles. The van der Waals surface area contributed by atoms with Gasteiger partial charge >= 0.3 is 0 Å². The molecule has 2 aromatic rings. The Balaban J connectivity index is 1.56. The maximum atomic E-state index is 12.6. The number of fused-ring (bicyclic) bond motifs is 1. The van der Waals surface area contributed by atoms with Gasteiger partial charge < -0.3 is 5.32 Å². The number of aromatic nitrogens is 1. The van der Waals surface area contributed by atoms with Crippen LogP contribution in [0.2, 0.25) is 5.02 Å². The maximum absolute atomic E-state index is 12.6. The summed E-state index contributed by atoms with van der Waals surface area (Å²) in [6.45, 7) is 2.83. The molecule has 1 amide bonds. The summed E-state index contributed by atoms with van der Waals surface area (Å²) in [4.78, 5) is 17.2. The molecule has 1 aliphatic carbocycles. The average Bonchev–Trinajstić information content (AvgIpc) is 3.15. The summed E-state index contributed by atoms with van der Waals surface area (Å²) in [6.07, 6.45) is 8.25. The second-order valence-corrected chi connectivity index (χ2v) is 12.1. The topological polar surface area (TPSA) is 79.4 Å². The van der Waals surface area contributed by atoms with Gasteiger partial charge in [-0.25, -0.2) is 8.42 Å². The Morgan fingerprint density at radius 2 is 2.06 bits per heavy atom. The summed E-state index contributed by atoms with van der Waals surface area (Å²) in [7, 11) is -1.70. The second-order valence-electron chi connectivity index (χ2n) is 9.68. The number of carbonyl (C=O) groups excluding carboxylic acids is 1. The SMILES string of the molecule is CCc1ncc(-c2ccc3c(c2)CS(=O)(=O)N3C)c(C2CCCC3(CCNC3=O)CC2)c1Cl. The number of carbonyl (C=O) groups is 1. The average molecular weight is 488 g/mol. The van der Waals surface area contributed by atoms with Crippen molar-refractivity contribution in [3.63, 3.8) is 0 Å². The Morgan fingerprint density at radius 3 is 2.79 bits per heavy atom. The highest BCUT2D eigenvalue weighted by molar-refractivity contribution is 7.92. The van der Waals surface area contributed by atoms with Gasteiger partial charge in [-0.3, -0.25) is 14.1 Å². The fraction of sp³-hybridized carbons (Fsp3) is 0.520. The smallest absolute Gasteiger partial charge is 0.239 e. The molecule has 1 spiro atoms. The highest BCUT2D eigenvalue weighted by atomic mass is 35.5. The summed E-state index contributed by atoms with van der Waals surface area (Å²) in [5, 5.41) is 3.75. The minimum atomic E-state index is -3.30. The first-order valence-corrected chi connectivity index (χ1v) is 13.8. The Kier molecular flexibility index (Phi) is 5.68. The Morgan fingerprint density at radius 1 is 1.24 bits per heavy atom. The van der Waals surface area contributed by atoms with Crippen molar-refractivity contribution in [1.82, 2.24) is 10.3 Å². The third-order valence-electron chi connectivity index (χ3n) is 7.91. The standard InChI is InChI=1S/C25H30ClN3O3S/c1-3-20-23(26)22(16-5-4-9-25(10-8-16)11-12-27-24(25)30)19(14-28-20)17-6-7-21-18(13-17)15-33(31,32)29(21)2/h6-7,13-14,16H,3-5,8-12,15H2,1-2H3,(H,27,30). The van der Waals surface area contributed by atoms with Crippen LogP contribution >= 0.6 is 11.6 Å². The van der Waals surface area contributed by atoms with Gasteiger partial charge in [0, 0.05) is 25.4 Å². The predicted octanol–water partition coefficient (Wildman–Crippen LogP) is 4.80. The monoisotopic (exact) mass is 487 g/mol. The van der Waals surface area contributed by atoms with Crippen LogP contribution in [0.25, 0.3) is 11.1 Å². The Labute approximate surface area is 200 Å². The fourth-order valence-corrected chi connectivity index (χ4v) is 7.66. The third kappa shape index (κ3) is 3.73. The van der Waals surface area contributed by atoms with Crippen LogP contribution in [0.3, 0.4) is 0 Å². The summed E-state index contributed by atoms with van der Waals surface area (Å²) < 4.78 is 26.1. The molecule has 3 heterocycles. The van der Waals surface area contributed by atoms with E-state index in [-0.39, 0.29) is 23.0 Å². The van der Waals surface area contributed by atoms with E-state index in [9.17, 15) is 13.2 Å². The van der Waals surface area contributed by atoms with Gasteiger partial charge in [0.1, 0.15) is 0 Å². The summed E-state index contributed by atoms with van der Waals surface area (Å²) in [5.74, 6) is 0.465. The number of sulfonamides is 1. The molecule has 1 saturated heterocycles. The Bertz CT molecular complexity index is 1230. The minimum Gasteiger partial charge on any atom is -0.356 e. The quantitative estimate of drug-likeness (QED) is 0.674. The van der Waals surface area contributed by atoms with Crippen molar-refractivity contribution < 1.29 is 13.2 Å². The van der Waals surface area contributed by atoms with Crippen LogP contribution in [0.4, 0.5) is 5.69 Å². The van der Waals surface area contributed by atoms with Crippen molar-refractivity contribution in [2.45, 2.75) is 63.5 Å². The van der Waals surface area contributed by atoms with Crippen LogP contribution < -0.4 is 9.62 Å². The van der Waals surface area contributed by atoms with E-state index < -0.39 is 10.0 Å². The van der Waals surface area contributed by atoms with Crippen LogP contribution in [-0.2, 0) is 27.0 Å². The zero-order chi connectivity index (χ0) is 23.4. The van der Waals surface area contributed by atoms with Crippen molar-refractivity contribution in [1.29, 1.82) is 0 Å². The summed E-state index contributed by atoms with van der Waals surface area (Å²) in [5.41, 5.74) is 5.22. The van der Waals surface area contributed by atoms with E-state index in [0.717, 1.165) is 90.1 Å². The first-order chi connectivity index (χ1) is 15.8. The lowest BCUT2D eigenvalue weighted by atomic mass is 9.78. The number of halogens is 1. The number of amides is 1. The van der Waals surface area contributed by atoms with Crippen molar-refractivity contribution in [3.8, 4) is 11.1 Å². The molecule has 2 aliphatic heterocycles. The van der Waals surface area contributed by atoms with E-state index in [1.165, 1.54) is 4.31 Å². The first kappa shape index (κ1) is 22.7. The normalized spacial score (nSPS) is 26.3. The minimum absolute atomic E-state index is 0.0112. The molecule has 2 atom stereocenters. The number of rotatable bonds is 3. The lowest BCUT2D eigenvalue weighted by molar-refractivity contribution is -0.128. The molecule has 5 rings (SSSR count). The van der Waals surface area contributed by atoms with Gasteiger partial charge in [-0.15, -0.1) is 0 Å². The number of nitrogens with one attached hydrogen (secondary N) is 1. The van der Waals surface area contributed by atoms with E-state index in [1.54, 1.807) is 7.05 Å². The molecule has 0 radical (unpaired) electrons. The molecule has 1 aromatic heterocycles. The van der Waals surface area contributed by atoms with E-state index in [1.807, 2.05) is 24.4 Å². The first-order valence-electron chi connectivity index (χ1n) is 11.8. The van der Waals surface area contributed by atoms with Crippen molar-refractivity contribution >= 4 is 33.2 Å². The summed E-state index contributed by atoms with van der Waals surface area (Å²) >= 11 is 6.97. The molecule has 0 bridgehead atoms. The van der Waals surface area contributed by atoms with Gasteiger partial charge in [0.05, 0.1) is 27.6 Å². The highest BCUT2D eigenvalue weighted by Gasteiger charge is 2.43. The molecular weight excluding hydrogens is 458 g/mol. The molecule has 8 heteroatoms. The van der Waals surface area contributed by atoms with E-state index in [0.29, 0.717) is 0 Å². The number of aryl methyl sites for hydroxylation is 1. The van der Waals surface area contributed by atoms with E-state index in [2.05, 4.69) is 17.2 Å². The zero-order valence-corrected chi connectivity index (χ0v) is 20.7. The fourth-order valence-electron chi connectivity index (χ4n) is 5.93. The zero-order valence-electron chi connectivity index (χ0n) is 19.2. The maximum Gasteiger partial charge on any atom is 0.239 e. The van der Waals surface area contributed by atoms with Gasteiger partial charge in [-0.2, -0.15) is 0 Å². The molecule has 33 heavy (non-hydrogen) atoms. The van der Waals surface area contributed by atoms with Crippen LogP contribution in [0, 0.1) is 5.41 Å². The van der Waals surface area contributed by atoms with Gasteiger partial charge in [0.25, 0.3) is 0 Å². The van der Waals surface area contributed by atoms with Crippen molar-refractivity contribution in [2.75, 3.05) is 17.9 Å². The number of hydrogen-bond acceptors (Lipinski definition) is 4. The van der Waals surface area contributed by atoms with Gasteiger partial charge in [-0.1, -0.05) is 31.0 Å². The van der Waals surface area contributed by atoms with Crippen LogP contribution in [-0.4, -0.2) is 32.9 Å². The second kappa shape index (κ2) is 8.27. The largest absolute Gasteiger partial charge is 0.356 e. The third-order valence-corrected chi connectivity index (χ3v) is 10.0. The lowest BCUT2D eigenvalue weighted by Gasteiger charge is -2.25. The number of nitrogens with zero attached hydrogens (tertiary/aromatic N) is 2. The molecule has 6 nitrogen and oxygen atoms in total. The van der Waals surface area contributed by atoms with Crippen LogP contribution in [0.5, 0.6) is 0 Å². The molecule has 2 unspecified atom stereocenters. The molecular formula is C25H30ClN3O3S. The van der Waals surface area contributed by atoms with Gasteiger partial charge in [0.15, 0.2) is 0 Å². The number of hydrogen-bond donors (Lipinski definition) is 1. The van der Waals surface area contributed by atoms with Gasteiger partial charge in [0.2, 0.25) is 15.9 Å². The number of pyridine rings is 1. The molecule has 176 valence electrons. The van der Waals surface area contributed by atoms with E-state index in [4.69, 9.17) is 11.6 Å². The van der Waals surface area contributed by atoms with Crippen LogP contribution in [0.15, 0.2) is 24.4 Å². The highest BCUT2D eigenvalue weighted by Crippen LogP contribution is 2.48. The molecule has 2 fully saturated rings. The number of benzene rings is 1. The van der Waals surface area contributed by atoms with Crippen LogP contribution in [0.1, 0.15) is 68.2 Å². The predicted molar refractivity (Wildman–Crippen MR) is 131 cm³/mol. The summed E-state index contributed by atoms with van der Waals surface area (Å²) in [6, 6.07) is 5.83. The number of anilines is 1. The van der Waals surface area contributed by atoms with Gasteiger partial charge in [-0.05, 0) is 73.3 Å². The molecule has 3 aliphatic rings. The van der Waals surface area contributed by atoms with Crippen molar-refractivity contribution in [3.05, 3.63) is 46.2 Å². The molecule has 1 N–H and O–H groups in total. The van der Waals surface area contributed by atoms with E-state index >= 15 is 0 Å². The molecule has 1 aromatic carbocycles. The Hall–Kier alpha value is -2.12. The lowest BCUT2D eigenvalue weighted by Crippen LogP contribution is -2.30.